The Morgan fingerprint density at radius 1 is 0.411 bits per heavy atom. The summed E-state index contributed by atoms with van der Waals surface area (Å²) in [5.41, 5.74) is 10.1. The van der Waals surface area contributed by atoms with Gasteiger partial charge in [0.1, 0.15) is 0 Å². The van der Waals surface area contributed by atoms with Gasteiger partial charge in [-0.05, 0) is 110 Å². The Balaban J connectivity index is 0.944. The molecular formula is C53H48N2O. The number of fused-ring (bicyclic) bond motifs is 6. The molecule has 6 aromatic carbocycles. The lowest BCUT2D eigenvalue weighted by Gasteiger charge is -2.07. The van der Waals surface area contributed by atoms with E-state index in [9.17, 15) is 4.79 Å². The van der Waals surface area contributed by atoms with Crippen LogP contribution < -0.4 is 0 Å². The molecule has 276 valence electrons. The van der Waals surface area contributed by atoms with Gasteiger partial charge < -0.3 is 9.13 Å². The molecule has 0 unspecified atom stereocenters. The van der Waals surface area contributed by atoms with Crippen molar-refractivity contribution in [3.05, 3.63) is 167 Å². The molecule has 8 rings (SSSR count). The third-order valence-corrected chi connectivity index (χ3v) is 11.0. The third-order valence-electron chi connectivity index (χ3n) is 11.0. The molecule has 0 atom stereocenters. The largest absolute Gasteiger partial charge is 0.340 e. The quantitative estimate of drug-likeness (QED) is 0.0699. The van der Waals surface area contributed by atoms with E-state index < -0.39 is 0 Å². The van der Waals surface area contributed by atoms with Gasteiger partial charge in [-0.15, -0.1) is 0 Å². The molecule has 0 aliphatic rings. The molecule has 0 N–H and O–H groups in total. The van der Waals surface area contributed by atoms with Crippen molar-refractivity contribution in [1.82, 2.24) is 9.13 Å². The predicted octanol–water partition coefficient (Wildman–Crippen LogP) is 13.1. The Labute approximate surface area is 331 Å². The average molecular weight is 729 g/mol. The van der Waals surface area contributed by atoms with Gasteiger partial charge >= 0.3 is 0 Å². The highest BCUT2D eigenvalue weighted by Crippen LogP contribution is 2.32. The van der Waals surface area contributed by atoms with Crippen LogP contribution in [0.3, 0.4) is 0 Å². The van der Waals surface area contributed by atoms with E-state index >= 15 is 0 Å². The fourth-order valence-electron chi connectivity index (χ4n) is 8.00. The first-order chi connectivity index (χ1) is 27.6. The molecule has 0 amide bonds. The first-order valence-electron chi connectivity index (χ1n) is 20.4. The normalized spacial score (nSPS) is 11.2. The first kappa shape index (κ1) is 36.7. The van der Waals surface area contributed by atoms with E-state index in [1.54, 1.807) is 0 Å². The zero-order chi connectivity index (χ0) is 38.3. The second-order valence-corrected chi connectivity index (χ2v) is 14.9. The lowest BCUT2D eigenvalue weighted by atomic mass is 10.0. The van der Waals surface area contributed by atoms with E-state index in [0.29, 0.717) is 11.1 Å². The van der Waals surface area contributed by atoms with E-state index in [1.165, 1.54) is 95.0 Å². The van der Waals surface area contributed by atoms with Crippen molar-refractivity contribution in [3.8, 4) is 23.7 Å². The van der Waals surface area contributed by atoms with Gasteiger partial charge in [-0.3, -0.25) is 4.79 Å². The molecule has 56 heavy (non-hydrogen) atoms. The minimum absolute atomic E-state index is 0.0166. The smallest absolute Gasteiger partial charge is 0.193 e. The highest BCUT2D eigenvalue weighted by Gasteiger charge is 2.13. The number of carbonyl (C=O) groups is 1. The molecule has 2 heterocycles. The highest BCUT2D eigenvalue weighted by atomic mass is 16.1. The van der Waals surface area contributed by atoms with Crippen LogP contribution >= 0.6 is 0 Å². The second-order valence-electron chi connectivity index (χ2n) is 14.9. The van der Waals surface area contributed by atoms with E-state index in [2.05, 4.69) is 132 Å². The summed E-state index contributed by atoms with van der Waals surface area (Å²) in [7, 11) is 0. The number of nitrogens with zero attached hydrogens (tertiary/aromatic N) is 2. The Hall–Kier alpha value is -6.29. The molecule has 3 nitrogen and oxygen atoms in total. The van der Waals surface area contributed by atoms with Crippen LogP contribution in [0.2, 0.25) is 0 Å². The number of aryl methyl sites for hydroxylation is 2. The van der Waals surface area contributed by atoms with Gasteiger partial charge in [0, 0.05) is 90.1 Å². The molecule has 0 radical (unpaired) electrons. The van der Waals surface area contributed by atoms with Crippen molar-refractivity contribution < 1.29 is 4.79 Å². The fraction of sp³-hybridized carbons (Fsp3) is 0.226. The minimum atomic E-state index is -0.0166. The van der Waals surface area contributed by atoms with Crippen molar-refractivity contribution >= 4 is 49.4 Å². The van der Waals surface area contributed by atoms with Crippen LogP contribution in [0.5, 0.6) is 0 Å². The van der Waals surface area contributed by atoms with Gasteiger partial charge in [-0.1, -0.05) is 112 Å². The number of benzene rings is 6. The predicted molar refractivity (Wildman–Crippen MR) is 235 cm³/mol. The number of para-hydroxylation sites is 2. The summed E-state index contributed by atoms with van der Waals surface area (Å²) >= 11 is 0. The lowest BCUT2D eigenvalue weighted by Crippen LogP contribution is -2.01. The van der Waals surface area contributed by atoms with Gasteiger partial charge in [0.25, 0.3) is 0 Å². The monoisotopic (exact) mass is 728 g/mol. The van der Waals surface area contributed by atoms with Crippen LogP contribution in [0.4, 0.5) is 0 Å². The summed E-state index contributed by atoms with van der Waals surface area (Å²) in [4.78, 5) is 13.4. The number of ketones is 1. The molecular weight excluding hydrogens is 681 g/mol. The van der Waals surface area contributed by atoms with Crippen molar-refractivity contribution in [2.45, 2.75) is 78.3 Å². The number of carbonyl (C=O) groups excluding carboxylic acids is 1. The third kappa shape index (κ3) is 7.77. The standard InChI is InChI=1S/C53H48N2O/c1-3-5-7-13-35-54-49-17-11-9-15-45(49)47-37-41(27-33-51(47)54)21-19-39-23-29-43(30-24-39)53(56)44-31-25-40(26-32-44)20-22-42-28-34-52-48(38-42)46-16-10-12-18-50(46)55(52)36-14-8-6-4-2/h9-12,15-18,23-34,37-38H,3-8,13-14,35-36H2,1-2H3. The Bertz CT molecular complexity index is 2600. The number of hydrogen-bond acceptors (Lipinski definition) is 1. The van der Waals surface area contributed by atoms with Crippen molar-refractivity contribution in [3.63, 3.8) is 0 Å². The van der Waals surface area contributed by atoms with Gasteiger partial charge in [0.05, 0.1) is 0 Å². The minimum Gasteiger partial charge on any atom is -0.340 e. The molecule has 2 aromatic heterocycles. The maximum absolute atomic E-state index is 13.4. The molecule has 0 saturated heterocycles. The van der Waals surface area contributed by atoms with Crippen LogP contribution in [0.15, 0.2) is 133 Å². The number of hydrogen-bond donors (Lipinski definition) is 0. The van der Waals surface area contributed by atoms with Gasteiger partial charge in [-0.25, -0.2) is 0 Å². The fourth-order valence-corrected chi connectivity index (χ4v) is 8.00. The zero-order valence-electron chi connectivity index (χ0n) is 32.6. The average Bonchev–Trinajstić information content (AvgIpc) is 3.73. The lowest BCUT2D eigenvalue weighted by molar-refractivity contribution is 0.103. The van der Waals surface area contributed by atoms with Crippen molar-refractivity contribution in [1.29, 1.82) is 0 Å². The second kappa shape index (κ2) is 17.0. The van der Waals surface area contributed by atoms with Crippen LogP contribution in [-0.2, 0) is 13.1 Å². The van der Waals surface area contributed by atoms with Crippen LogP contribution in [0.1, 0.15) is 103 Å². The Morgan fingerprint density at radius 3 is 1.21 bits per heavy atom. The van der Waals surface area contributed by atoms with E-state index in [-0.39, 0.29) is 5.78 Å². The van der Waals surface area contributed by atoms with Crippen molar-refractivity contribution in [2.75, 3.05) is 0 Å². The summed E-state index contributed by atoms with van der Waals surface area (Å²) in [6.45, 7) is 6.57. The summed E-state index contributed by atoms with van der Waals surface area (Å²) < 4.78 is 4.93. The molecule has 0 aliphatic heterocycles. The molecule has 0 saturated carbocycles. The number of aromatic nitrogens is 2. The maximum Gasteiger partial charge on any atom is 0.193 e. The molecule has 0 aliphatic carbocycles. The SMILES string of the molecule is CCCCCCn1c2ccccc2c2cc(C#Cc3ccc(C(=O)c4ccc(C#Cc5ccc6c(c5)c5ccccc5n6CCCCCC)cc4)cc3)ccc21. The number of rotatable bonds is 12. The molecule has 0 fully saturated rings. The Kier molecular flexibility index (Phi) is 11.1. The van der Waals surface area contributed by atoms with Gasteiger partial charge in [0.15, 0.2) is 5.78 Å². The Morgan fingerprint density at radius 2 is 0.786 bits per heavy atom. The van der Waals surface area contributed by atoms with Crippen molar-refractivity contribution in [2.24, 2.45) is 0 Å². The summed E-state index contributed by atoms with van der Waals surface area (Å²) in [5, 5.41) is 5.04. The van der Waals surface area contributed by atoms with E-state index in [0.717, 1.165) is 35.3 Å². The molecule has 8 aromatic rings. The zero-order valence-corrected chi connectivity index (χ0v) is 32.6. The topological polar surface area (TPSA) is 26.9 Å². The van der Waals surface area contributed by atoms with Crippen LogP contribution in [-0.4, -0.2) is 14.9 Å². The summed E-state index contributed by atoms with van der Waals surface area (Å²) in [6, 6.07) is 45.7. The number of unbranched alkanes of at least 4 members (excludes halogenated alkanes) is 6. The van der Waals surface area contributed by atoms with Crippen LogP contribution in [0.25, 0.3) is 43.6 Å². The highest BCUT2D eigenvalue weighted by molar-refractivity contribution is 6.10. The summed E-state index contributed by atoms with van der Waals surface area (Å²) in [6.07, 6.45) is 9.93. The van der Waals surface area contributed by atoms with Gasteiger partial charge in [0.2, 0.25) is 0 Å². The van der Waals surface area contributed by atoms with Gasteiger partial charge in [-0.2, -0.15) is 0 Å². The van der Waals surface area contributed by atoms with Crippen LogP contribution in [0, 0.1) is 23.7 Å². The maximum atomic E-state index is 13.4. The first-order valence-corrected chi connectivity index (χ1v) is 20.4. The molecule has 0 bridgehead atoms. The molecule has 3 heteroatoms. The van der Waals surface area contributed by atoms with E-state index in [1.807, 2.05) is 48.5 Å². The van der Waals surface area contributed by atoms with E-state index in [4.69, 9.17) is 0 Å². The summed E-state index contributed by atoms with van der Waals surface area (Å²) in [5.74, 6) is 13.4. The molecule has 0 spiro atoms.